The highest BCUT2D eigenvalue weighted by Gasteiger charge is 2.46. The molecular weight excluding hydrogens is 696 g/mol. The largest absolute Gasteiger partial charge is 1.00 e. The van der Waals surface area contributed by atoms with Crippen molar-refractivity contribution in [1.29, 1.82) is 0 Å². The molecule has 0 spiro atoms. The van der Waals surface area contributed by atoms with E-state index in [1.165, 1.54) is 161 Å². The summed E-state index contributed by atoms with van der Waals surface area (Å²) in [6, 6.07) is 0. The highest BCUT2D eigenvalue weighted by molar-refractivity contribution is 5.88. The predicted molar refractivity (Wildman–Crippen MR) is 226 cm³/mol. The smallest absolute Gasteiger partial charge is 0.329 e. The summed E-state index contributed by atoms with van der Waals surface area (Å²) in [5, 5.41) is 20.3. The van der Waals surface area contributed by atoms with E-state index in [4.69, 9.17) is 0 Å². The summed E-state index contributed by atoms with van der Waals surface area (Å²) in [7, 11) is 5.83. The second kappa shape index (κ2) is 37.2. The molecule has 0 radical (unpaired) electrons. The van der Waals surface area contributed by atoms with E-state index in [-0.39, 0.29) is 37.7 Å². The minimum absolute atomic E-state index is 0. The second-order valence-electron chi connectivity index (χ2n) is 17.6. The van der Waals surface area contributed by atoms with Gasteiger partial charge in [-0.15, -0.1) is 0 Å². The molecule has 0 aliphatic heterocycles. The van der Waals surface area contributed by atoms with Crippen LogP contribution in [0.1, 0.15) is 239 Å². The molecule has 0 saturated carbocycles. The molecule has 2 N–H and O–H groups in total. The summed E-state index contributed by atoms with van der Waals surface area (Å²) in [5.74, 6) is -2.24. The van der Waals surface area contributed by atoms with Gasteiger partial charge in [-0.1, -0.05) is 213 Å². The number of carbonyl (C=O) groups is 3. The van der Waals surface area contributed by atoms with E-state index in [2.05, 4.69) is 13.8 Å². The van der Waals surface area contributed by atoms with Gasteiger partial charge in [0.05, 0.1) is 21.1 Å². The molecule has 0 aliphatic rings. The quantitative estimate of drug-likeness (QED) is 0.0475. The number of carboxylic acid groups (broad SMARTS) is 2. The normalized spacial score (nSPS) is 12.7. The van der Waals surface area contributed by atoms with Gasteiger partial charge < -0.3 is 32.0 Å². The number of nitrogens with zero attached hydrogens (tertiary/aromatic N) is 2. The third-order valence-electron chi connectivity index (χ3n) is 11.3. The number of quaternary nitrogens is 1. The third kappa shape index (κ3) is 31.8. The molecule has 0 aromatic carbocycles. The Hall–Kier alpha value is -1.34. The Morgan fingerprint density at radius 2 is 0.759 bits per heavy atom. The van der Waals surface area contributed by atoms with Crippen LogP contribution in [0.5, 0.6) is 0 Å². The molecule has 0 aromatic heterocycles. The number of unbranched alkanes of at least 4 members (excludes halogenated alkanes) is 30. The van der Waals surface area contributed by atoms with E-state index >= 15 is 0 Å². The van der Waals surface area contributed by atoms with Crippen LogP contribution in [0.4, 0.5) is 0 Å². The summed E-state index contributed by atoms with van der Waals surface area (Å²) in [6.07, 6.45) is 40.0. The van der Waals surface area contributed by atoms with Crippen molar-refractivity contribution in [2.24, 2.45) is 0 Å². The van der Waals surface area contributed by atoms with Gasteiger partial charge in [-0.25, -0.2) is 4.79 Å². The molecule has 1 atom stereocenters. The molecule has 1 amide bonds. The van der Waals surface area contributed by atoms with Crippen molar-refractivity contribution >= 4 is 17.8 Å². The number of rotatable bonds is 41. The third-order valence-corrected chi connectivity index (χ3v) is 11.3. The molecule has 7 nitrogen and oxygen atoms in total. The molecule has 0 unspecified atom stereocenters. The fourth-order valence-electron chi connectivity index (χ4n) is 7.89. The fourth-order valence-corrected chi connectivity index (χ4v) is 7.89. The van der Waals surface area contributed by atoms with Crippen molar-refractivity contribution < 1.29 is 41.5 Å². The Kier molecular flexibility index (Phi) is 37.8. The monoisotopic (exact) mass is 787 g/mol. The van der Waals surface area contributed by atoms with E-state index in [1.54, 1.807) is 4.90 Å². The predicted octanol–water partition coefficient (Wildman–Crippen LogP) is 10.1. The standard InChI is InChI=1S/C46H90N2O5.ClH/c1-6-8-10-12-14-16-18-20-22-24-26-28-30-32-34-36-39-46(45(52)53,40-38-44(50)51)47(43(49)42-48(3,4)5)41-37-35-33-31-29-27-25-23-21-19-17-15-13-11-9-7-2;/h6-42H2,1-5H3,(H-,50,51,52,53);1H/t46-;/m1./s1. The lowest BCUT2D eigenvalue weighted by Crippen LogP contribution is -3.00. The fraction of sp³-hybridized carbons (Fsp3) is 0.935. The topological polar surface area (TPSA) is 94.9 Å². The Balaban J connectivity index is 0. The Bertz CT molecular complexity index is 880. The number of hydrogen-bond acceptors (Lipinski definition) is 3. The van der Waals surface area contributed by atoms with Crippen molar-refractivity contribution in [3.63, 3.8) is 0 Å². The Morgan fingerprint density at radius 1 is 0.463 bits per heavy atom. The summed E-state index contributed by atoms with van der Waals surface area (Å²) in [4.78, 5) is 40.3. The molecule has 0 saturated heterocycles. The summed E-state index contributed by atoms with van der Waals surface area (Å²) in [6.45, 7) is 5.11. The van der Waals surface area contributed by atoms with E-state index in [0.29, 0.717) is 23.9 Å². The van der Waals surface area contributed by atoms with Gasteiger partial charge in [0.15, 0.2) is 6.54 Å². The number of carboxylic acids is 2. The lowest BCUT2D eigenvalue weighted by atomic mass is 9.84. The van der Waals surface area contributed by atoms with Crippen molar-refractivity contribution in [3.05, 3.63) is 0 Å². The van der Waals surface area contributed by atoms with Crippen LogP contribution in [-0.2, 0) is 14.4 Å². The number of carbonyl (C=O) groups excluding carboxylic acids is 1. The molecule has 0 aromatic rings. The van der Waals surface area contributed by atoms with Crippen molar-refractivity contribution in [2.75, 3.05) is 34.2 Å². The van der Waals surface area contributed by atoms with Gasteiger partial charge in [-0.3, -0.25) is 9.59 Å². The Morgan fingerprint density at radius 3 is 1.04 bits per heavy atom. The SMILES string of the molecule is CCCCCCCCCCCCCCCCCCN(C(=O)C[N+](C)(C)C)[C@](CCCCCCCCCCCCCCCCCC)(CCC(=O)O)C(=O)O.[Cl-]. The first-order chi connectivity index (χ1) is 25.5. The molecule has 0 aliphatic carbocycles. The average molecular weight is 788 g/mol. The zero-order valence-electron chi connectivity index (χ0n) is 36.6. The molecule has 0 rings (SSSR count). The van der Waals surface area contributed by atoms with E-state index in [1.807, 2.05) is 21.1 Å². The van der Waals surface area contributed by atoms with E-state index in [9.17, 15) is 24.6 Å². The first-order valence-electron chi connectivity index (χ1n) is 23.1. The maximum absolute atomic E-state index is 13.8. The van der Waals surface area contributed by atoms with E-state index in [0.717, 1.165) is 38.5 Å². The number of hydrogen-bond donors (Lipinski definition) is 2. The maximum atomic E-state index is 13.8. The summed E-state index contributed by atoms with van der Waals surface area (Å²) in [5.41, 5.74) is -1.48. The number of amides is 1. The van der Waals surface area contributed by atoms with Gasteiger partial charge in [-0.2, -0.15) is 0 Å². The summed E-state index contributed by atoms with van der Waals surface area (Å²) < 4.78 is 0.405. The van der Waals surface area contributed by atoms with Gasteiger partial charge in [0, 0.05) is 13.0 Å². The van der Waals surface area contributed by atoms with Crippen LogP contribution < -0.4 is 12.4 Å². The van der Waals surface area contributed by atoms with Crippen LogP contribution in [-0.4, -0.2) is 77.2 Å². The average Bonchev–Trinajstić information content (AvgIpc) is 3.10. The molecule has 0 bridgehead atoms. The highest BCUT2D eigenvalue weighted by Crippen LogP contribution is 2.31. The van der Waals surface area contributed by atoms with Crippen LogP contribution >= 0.6 is 0 Å². The Labute approximate surface area is 341 Å². The van der Waals surface area contributed by atoms with Gasteiger partial charge in [0.1, 0.15) is 5.54 Å². The minimum atomic E-state index is -1.48. The van der Waals surface area contributed by atoms with Gasteiger partial charge >= 0.3 is 11.9 Å². The first kappa shape index (κ1) is 54.8. The lowest BCUT2D eigenvalue weighted by molar-refractivity contribution is -0.862. The van der Waals surface area contributed by atoms with Crippen molar-refractivity contribution in [2.45, 2.75) is 244 Å². The molecule has 0 fully saturated rings. The van der Waals surface area contributed by atoms with Crippen LogP contribution in [0.2, 0.25) is 0 Å². The number of aliphatic carboxylic acids is 2. The minimum Gasteiger partial charge on any atom is -1.00 e. The summed E-state index contributed by atoms with van der Waals surface area (Å²) >= 11 is 0. The van der Waals surface area contributed by atoms with Gasteiger partial charge in [-0.05, 0) is 19.3 Å². The zero-order valence-corrected chi connectivity index (χ0v) is 37.3. The molecule has 54 heavy (non-hydrogen) atoms. The van der Waals surface area contributed by atoms with Crippen LogP contribution in [0.3, 0.4) is 0 Å². The van der Waals surface area contributed by atoms with E-state index < -0.39 is 17.5 Å². The van der Waals surface area contributed by atoms with Crippen LogP contribution in [0.15, 0.2) is 0 Å². The lowest BCUT2D eigenvalue weighted by Gasteiger charge is -2.42. The first-order valence-corrected chi connectivity index (χ1v) is 23.1. The molecule has 8 heteroatoms. The highest BCUT2D eigenvalue weighted by atomic mass is 35.5. The van der Waals surface area contributed by atoms with Crippen molar-refractivity contribution in [1.82, 2.24) is 4.90 Å². The van der Waals surface area contributed by atoms with Gasteiger partial charge in [0.2, 0.25) is 0 Å². The number of likely N-dealkylation sites (N-methyl/N-ethyl adjacent to an activating group) is 1. The second-order valence-corrected chi connectivity index (χ2v) is 17.6. The van der Waals surface area contributed by atoms with Crippen molar-refractivity contribution in [3.8, 4) is 0 Å². The molecule has 0 heterocycles. The molecular formula is C46H91ClN2O5. The van der Waals surface area contributed by atoms with Crippen LogP contribution in [0.25, 0.3) is 0 Å². The van der Waals surface area contributed by atoms with Gasteiger partial charge in [0.25, 0.3) is 5.91 Å². The van der Waals surface area contributed by atoms with Crippen LogP contribution in [0, 0.1) is 0 Å². The number of halogens is 1. The molecule has 322 valence electrons. The maximum Gasteiger partial charge on any atom is 0.329 e. The zero-order chi connectivity index (χ0) is 39.5.